The van der Waals surface area contributed by atoms with Gasteiger partial charge < -0.3 is 10.3 Å². The molecule has 1 aromatic rings. The van der Waals surface area contributed by atoms with Crippen LogP contribution < -0.4 is 5.73 Å². The molecule has 66 valence electrons. The van der Waals surface area contributed by atoms with Crippen molar-refractivity contribution in [1.82, 2.24) is 0 Å². The fourth-order valence-corrected chi connectivity index (χ4v) is 1.85. The second-order valence-corrected chi connectivity index (χ2v) is 3.83. The van der Waals surface area contributed by atoms with Crippen LogP contribution in [0.3, 0.4) is 0 Å². The Kier molecular flexibility index (Phi) is 2.95. The highest BCUT2D eigenvalue weighted by Crippen LogP contribution is 2.28. The third kappa shape index (κ3) is 1.90. The van der Waals surface area contributed by atoms with Crippen molar-refractivity contribution in [2.24, 2.45) is 0 Å². The molecular weight excluding hydrogens is 221 g/mol. The van der Waals surface area contributed by atoms with Gasteiger partial charge in [-0.1, -0.05) is 23.2 Å². The highest BCUT2D eigenvalue weighted by Gasteiger charge is 2.09. The lowest BCUT2D eigenvalue weighted by Crippen LogP contribution is -1.97. The van der Waals surface area contributed by atoms with Crippen molar-refractivity contribution in [3.8, 4) is 0 Å². The molecule has 6 heteroatoms. The van der Waals surface area contributed by atoms with Gasteiger partial charge in [0.05, 0.1) is 15.6 Å². The van der Waals surface area contributed by atoms with Crippen LogP contribution in [0, 0.1) is 0 Å². The monoisotopic (exact) mass is 225 g/mol. The molecule has 1 atom stereocenters. The van der Waals surface area contributed by atoms with Gasteiger partial charge in [0.25, 0.3) is 0 Å². The van der Waals surface area contributed by atoms with Crippen molar-refractivity contribution >= 4 is 40.0 Å². The van der Waals surface area contributed by atoms with E-state index in [-0.39, 0.29) is 20.6 Å². The number of hydrogen-bond acceptors (Lipinski definition) is 2. The van der Waals surface area contributed by atoms with E-state index in [0.717, 1.165) is 0 Å². The minimum atomic E-state index is -2.15. The average molecular weight is 226 g/mol. The molecule has 12 heavy (non-hydrogen) atoms. The van der Waals surface area contributed by atoms with Crippen molar-refractivity contribution < 1.29 is 8.76 Å². The zero-order valence-corrected chi connectivity index (χ0v) is 8.08. The maximum Gasteiger partial charge on any atom is 0.188 e. The van der Waals surface area contributed by atoms with Gasteiger partial charge in [-0.3, -0.25) is 0 Å². The number of nitrogens with two attached hydrogens (primary N) is 1. The first-order chi connectivity index (χ1) is 5.52. The van der Waals surface area contributed by atoms with Gasteiger partial charge in [0, 0.05) is 5.02 Å². The number of hydrogen-bond donors (Lipinski definition) is 2. The molecule has 1 rings (SSSR count). The zero-order chi connectivity index (χ0) is 9.30. The molecule has 0 radical (unpaired) electrons. The molecular formula is C6H5Cl2NO2S. The summed E-state index contributed by atoms with van der Waals surface area (Å²) in [5.74, 6) is 0. The van der Waals surface area contributed by atoms with Gasteiger partial charge in [0.2, 0.25) is 0 Å². The molecule has 0 bridgehead atoms. The van der Waals surface area contributed by atoms with Crippen LogP contribution in [-0.2, 0) is 11.1 Å². The smallest absolute Gasteiger partial charge is 0.188 e. The van der Waals surface area contributed by atoms with E-state index in [1.165, 1.54) is 12.1 Å². The SMILES string of the molecule is Nc1c(Cl)cc(Cl)cc1S(=O)O. The quantitative estimate of drug-likeness (QED) is 0.569. The van der Waals surface area contributed by atoms with E-state index in [1.54, 1.807) is 0 Å². The standard InChI is InChI=1S/C6H5Cl2NO2S/c7-3-1-4(8)6(9)5(2-3)12(10)11/h1-2H,9H2,(H,10,11). The number of nitrogen functional groups attached to an aromatic ring is 1. The summed E-state index contributed by atoms with van der Waals surface area (Å²) >= 11 is 9.03. The van der Waals surface area contributed by atoms with Crippen molar-refractivity contribution in [2.45, 2.75) is 4.90 Å². The minimum absolute atomic E-state index is 0.0347. The summed E-state index contributed by atoms with van der Waals surface area (Å²) < 4.78 is 19.4. The normalized spacial score (nSPS) is 12.9. The first-order valence-electron chi connectivity index (χ1n) is 2.87. The molecule has 1 unspecified atom stereocenters. The van der Waals surface area contributed by atoms with E-state index in [9.17, 15) is 4.21 Å². The molecule has 0 aliphatic rings. The van der Waals surface area contributed by atoms with Crippen molar-refractivity contribution in [3.05, 3.63) is 22.2 Å². The summed E-state index contributed by atoms with van der Waals surface area (Å²) in [6.07, 6.45) is 0. The minimum Gasteiger partial charge on any atom is -0.396 e. The maximum absolute atomic E-state index is 10.6. The Morgan fingerprint density at radius 3 is 2.50 bits per heavy atom. The second-order valence-electron chi connectivity index (χ2n) is 2.05. The number of halogens is 2. The predicted molar refractivity (Wildman–Crippen MR) is 49.9 cm³/mol. The molecule has 0 aromatic heterocycles. The van der Waals surface area contributed by atoms with Crippen molar-refractivity contribution in [3.63, 3.8) is 0 Å². The molecule has 0 saturated heterocycles. The van der Waals surface area contributed by atoms with Crippen LogP contribution in [0.2, 0.25) is 10.0 Å². The lowest BCUT2D eigenvalue weighted by molar-refractivity contribution is 0.565. The van der Waals surface area contributed by atoms with Crippen LogP contribution in [0.1, 0.15) is 0 Å². The van der Waals surface area contributed by atoms with Crippen LogP contribution in [0.25, 0.3) is 0 Å². The molecule has 3 N–H and O–H groups in total. The Balaban J connectivity index is 3.37. The topological polar surface area (TPSA) is 63.3 Å². The van der Waals surface area contributed by atoms with Crippen LogP contribution in [-0.4, -0.2) is 8.76 Å². The highest BCUT2D eigenvalue weighted by atomic mass is 35.5. The average Bonchev–Trinajstić information content (AvgIpc) is 1.96. The number of benzene rings is 1. The van der Waals surface area contributed by atoms with E-state index in [1.807, 2.05) is 0 Å². The van der Waals surface area contributed by atoms with Crippen LogP contribution >= 0.6 is 23.2 Å². The van der Waals surface area contributed by atoms with Gasteiger partial charge in [-0.2, -0.15) is 0 Å². The highest BCUT2D eigenvalue weighted by molar-refractivity contribution is 7.79. The molecule has 0 spiro atoms. The summed E-state index contributed by atoms with van der Waals surface area (Å²) in [5.41, 5.74) is 5.49. The Morgan fingerprint density at radius 2 is 2.00 bits per heavy atom. The van der Waals surface area contributed by atoms with Crippen LogP contribution in [0.4, 0.5) is 5.69 Å². The van der Waals surface area contributed by atoms with Gasteiger partial charge >= 0.3 is 0 Å². The van der Waals surface area contributed by atoms with Gasteiger partial charge in [-0.05, 0) is 12.1 Å². The molecule has 0 aliphatic carbocycles. The molecule has 0 fully saturated rings. The van der Waals surface area contributed by atoms with E-state index in [4.69, 9.17) is 33.5 Å². The summed E-state index contributed by atoms with van der Waals surface area (Å²) in [6.45, 7) is 0. The Labute approximate surface area is 81.8 Å². The molecule has 0 saturated carbocycles. The zero-order valence-electron chi connectivity index (χ0n) is 5.75. The van der Waals surface area contributed by atoms with Gasteiger partial charge in [0.1, 0.15) is 0 Å². The summed E-state index contributed by atoms with van der Waals surface area (Å²) in [5, 5.41) is 0.464. The molecule has 1 aromatic carbocycles. The van der Waals surface area contributed by atoms with E-state index in [2.05, 4.69) is 0 Å². The van der Waals surface area contributed by atoms with E-state index < -0.39 is 11.1 Å². The summed E-state index contributed by atoms with van der Waals surface area (Å²) in [7, 11) is 0. The van der Waals surface area contributed by atoms with E-state index in [0.29, 0.717) is 0 Å². The van der Waals surface area contributed by atoms with Crippen molar-refractivity contribution in [1.29, 1.82) is 0 Å². The Hall–Kier alpha value is -0.290. The summed E-state index contributed by atoms with van der Waals surface area (Å²) in [4.78, 5) is 0.0347. The van der Waals surface area contributed by atoms with Crippen LogP contribution in [0.5, 0.6) is 0 Å². The number of anilines is 1. The molecule has 0 amide bonds. The lowest BCUT2D eigenvalue weighted by atomic mass is 10.3. The molecule has 0 aliphatic heterocycles. The maximum atomic E-state index is 10.6. The first kappa shape index (κ1) is 9.80. The third-order valence-electron chi connectivity index (χ3n) is 1.24. The second kappa shape index (κ2) is 3.62. The summed E-state index contributed by atoms with van der Waals surface area (Å²) in [6, 6.07) is 2.72. The number of rotatable bonds is 1. The fourth-order valence-electron chi connectivity index (χ4n) is 0.706. The van der Waals surface area contributed by atoms with E-state index >= 15 is 0 Å². The largest absolute Gasteiger partial charge is 0.396 e. The van der Waals surface area contributed by atoms with Crippen molar-refractivity contribution in [2.75, 3.05) is 5.73 Å². The predicted octanol–water partition coefficient (Wildman–Crippen LogP) is 2.16. The first-order valence-corrected chi connectivity index (χ1v) is 4.74. The molecule has 0 heterocycles. The van der Waals surface area contributed by atoms with Gasteiger partial charge in [-0.25, -0.2) is 4.21 Å². The molecule has 3 nitrogen and oxygen atoms in total. The Morgan fingerprint density at radius 1 is 1.42 bits per heavy atom. The lowest BCUT2D eigenvalue weighted by Gasteiger charge is -2.03. The van der Waals surface area contributed by atoms with Gasteiger partial charge in [-0.15, -0.1) is 0 Å². The Bertz CT molecular complexity index is 343. The van der Waals surface area contributed by atoms with Crippen LogP contribution in [0.15, 0.2) is 17.0 Å². The third-order valence-corrected chi connectivity index (χ3v) is 2.49. The fraction of sp³-hybridized carbons (Fsp3) is 0. The van der Waals surface area contributed by atoms with Gasteiger partial charge in [0.15, 0.2) is 11.1 Å².